The number of anilines is 1. The third-order valence-electron chi connectivity index (χ3n) is 4.79. The lowest BCUT2D eigenvalue weighted by molar-refractivity contribution is -0.137. The van der Waals surface area contributed by atoms with Gasteiger partial charge in [-0.05, 0) is 29.1 Å². The van der Waals surface area contributed by atoms with E-state index >= 15 is 0 Å². The molecular formula is C22H22N4O5S2. The Hall–Kier alpha value is -3.44. The summed E-state index contributed by atoms with van der Waals surface area (Å²) in [6.07, 6.45) is 1.60. The summed E-state index contributed by atoms with van der Waals surface area (Å²) in [5.41, 5.74) is 0.864. The van der Waals surface area contributed by atoms with Crippen molar-refractivity contribution < 1.29 is 23.9 Å². The van der Waals surface area contributed by atoms with Gasteiger partial charge >= 0.3 is 0 Å². The van der Waals surface area contributed by atoms with Crippen LogP contribution in [0.15, 0.2) is 47.3 Å². The fourth-order valence-electron chi connectivity index (χ4n) is 3.15. The summed E-state index contributed by atoms with van der Waals surface area (Å²) in [6, 6.07) is 9.27. The van der Waals surface area contributed by atoms with Crippen molar-refractivity contribution in [2.75, 3.05) is 18.7 Å². The maximum Gasteiger partial charge on any atom is 0.239 e. The molecule has 2 N–H and O–H groups in total. The van der Waals surface area contributed by atoms with E-state index in [1.54, 1.807) is 17.6 Å². The molecular weight excluding hydrogens is 464 g/mol. The first-order valence-corrected chi connectivity index (χ1v) is 12.0. The summed E-state index contributed by atoms with van der Waals surface area (Å²) in [5.74, 6) is 0.478. The maximum atomic E-state index is 12.8. The number of carbonyl (C=O) groups is 3. The number of aromatic nitrogens is 1. The van der Waals surface area contributed by atoms with Gasteiger partial charge in [-0.3, -0.25) is 14.4 Å². The second-order valence-corrected chi connectivity index (χ2v) is 9.11. The molecule has 11 heteroatoms. The zero-order valence-corrected chi connectivity index (χ0v) is 19.2. The van der Waals surface area contributed by atoms with Gasteiger partial charge in [0.05, 0.1) is 13.1 Å². The molecule has 9 nitrogen and oxygen atoms in total. The average Bonchev–Trinajstić information content (AvgIpc) is 3.58. The van der Waals surface area contributed by atoms with Crippen LogP contribution in [-0.4, -0.2) is 40.9 Å². The van der Waals surface area contributed by atoms with Crippen molar-refractivity contribution in [2.45, 2.75) is 25.9 Å². The fraction of sp³-hybridized carbons (Fsp3) is 0.273. The minimum Gasteiger partial charge on any atom is -0.454 e. The van der Waals surface area contributed by atoms with Crippen molar-refractivity contribution in [1.82, 2.24) is 15.2 Å². The minimum absolute atomic E-state index is 0.00196. The number of thiophene rings is 1. The Kier molecular flexibility index (Phi) is 7.53. The summed E-state index contributed by atoms with van der Waals surface area (Å²) >= 11 is 2.82. The van der Waals surface area contributed by atoms with E-state index in [9.17, 15) is 14.4 Å². The zero-order chi connectivity index (χ0) is 23.0. The zero-order valence-electron chi connectivity index (χ0n) is 17.6. The molecule has 33 heavy (non-hydrogen) atoms. The molecule has 0 aliphatic carbocycles. The highest BCUT2D eigenvalue weighted by Gasteiger charge is 2.20. The number of nitrogens with one attached hydrogen (secondary N) is 2. The monoisotopic (exact) mass is 486 g/mol. The van der Waals surface area contributed by atoms with Gasteiger partial charge in [-0.1, -0.05) is 12.1 Å². The van der Waals surface area contributed by atoms with Gasteiger partial charge in [0, 0.05) is 35.8 Å². The molecule has 3 aromatic rings. The molecule has 0 atom stereocenters. The van der Waals surface area contributed by atoms with Crippen LogP contribution in [-0.2, 0) is 27.5 Å². The van der Waals surface area contributed by atoms with E-state index in [1.807, 2.05) is 29.6 Å². The van der Waals surface area contributed by atoms with Crippen molar-refractivity contribution >= 4 is 45.5 Å². The van der Waals surface area contributed by atoms with Gasteiger partial charge in [0.2, 0.25) is 24.5 Å². The van der Waals surface area contributed by atoms with Gasteiger partial charge in [0.15, 0.2) is 16.6 Å². The van der Waals surface area contributed by atoms with E-state index in [0.717, 1.165) is 10.4 Å². The number of rotatable bonds is 10. The second-order valence-electron chi connectivity index (χ2n) is 7.18. The third-order valence-corrected chi connectivity index (χ3v) is 6.33. The van der Waals surface area contributed by atoms with Gasteiger partial charge in [0.25, 0.3) is 0 Å². The number of nitrogens with zero attached hydrogens (tertiary/aromatic N) is 2. The van der Waals surface area contributed by atoms with Crippen LogP contribution in [0.1, 0.15) is 23.3 Å². The van der Waals surface area contributed by atoms with Crippen LogP contribution in [0.4, 0.5) is 5.13 Å². The van der Waals surface area contributed by atoms with Crippen molar-refractivity contribution in [2.24, 2.45) is 0 Å². The predicted molar refractivity (Wildman–Crippen MR) is 124 cm³/mol. The Balaban J connectivity index is 1.30. The Morgan fingerprint density at radius 3 is 2.70 bits per heavy atom. The largest absolute Gasteiger partial charge is 0.454 e. The van der Waals surface area contributed by atoms with Crippen LogP contribution < -0.4 is 20.1 Å². The molecule has 1 aliphatic heterocycles. The Morgan fingerprint density at radius 2 is 1.91 bits per heavy atom. The van der Waals surface area contributed by atoms with E-state index in [4.69, 9.17) is 9.47 Å². The van der Waals surface area contributed by atoms with Crippen molar-refractivity contribution in [3.8, 4) is 11.5 Å². The molecule has 4 rings (SSSR count). The molecule has 0 radical (unpaired) electrons. The number of benzene rings is 1. The number of carbonyl (C=O) groups excluding carboxylic acids is 3. The number of hydrogen-bond donors (Lipinski definition) is 2. The SMILES string of the molecule is O=C(CN(Cc1cccs1)C(=O)CCC(=O)Nc1nccs1)NCc1ccc2c(c1)OCO2. The van der Waals surface area contributed by atoms with Gasteiger partial charge in [-0.2, -0.15) is 0 Å². The topological polar surface area (TPSA) is 110 Å². The molecule has 1 aromatic carbocycles. The lowest BCUT2D eigenvalue weighted by Crippen LogP contribution is -2.40. The normalized spacial score (nSPS) is 11.8. The quantitative estimate of drug-likeness (QED) is 0.456. The van der Waals surface area contributed by atoms with E-state index in [-0.39, 0.29) is 43.9 Å². The van der Waals surface area contributed by atoms with Crippen molar-refractivity contribution in [3.63, 3.8) is 0 Å². The molecule has 0 bridgehead atoms. The summed E-state index contributed by atoms with van der Waals surface area (Å²) in [4.78, 5) is 44.0. The van der Waals surface area contributed by atoms with E-state index in [2.05, 4.69) is 15.6 Å². The van der Waals surface area contributed by atoms with E-state index in [0.29, 0.717) is 29.7 Å². The predicted octanol–water partition coefficient (Wildman–Crippen LogP) is 3.00. The van der Waals surface area contributed by atoms with Crippen LogP contribution in [0, 0.1) is 0 Å². The molecule has 172 valence electrons. The van der Waals surface area contributed by atoms with Crippen LogP contribution in [0.5, 0.6) is 11.5 Å². The first-order chi connectivity index (χ1) is 16.1. The number of thiazole rings is 1. The Labute approximate surface area is 198 Å². The highest BCUT2D eigenvalue weighted by atomic mass is 32.1. The smallest absolute Gasteiger partial charge is 0.239 e. The van der Waals surface area contributed by atoms with Gasteiger partial charge in [0.1, 0.15) is 0 Å². The summed E-state index contributed by atoms with van der Waals surface area (Å²) < 4.78 is 10.6. The van der Waals surface area contributed by atoms with Gasteiger partial charge < -0.3 is 25.0 Å². The second kappa shape index (κ2) is 10.9. The third kappa shape index (κ3) is 6.53. The average molecular weight is 487 g/mol. The Bertz CT molecular complexity index is 1100. The number of ether oxygens (including phenoxy) is 2. The highest BCUT2D eigenvalue weighted by Crippen LogP contribution is 2.32. The molecule has 0 fully saturated rings. The molecule has 3 amide bonds. The van der Waals surface area contributed by atoms with E-state index < -0.39 is 0 Å². The van der Waals surface area contributed by atoms with Crippen molar-refractivity contribution in [1.29, 1.82) is 0 Å². The summed E-state index contributed by atoms with van der Waals surface area (Å²) in [6.45, 7) is 0.691. The van der Waals surface area contributed by atoms with Gasteiger partial charge in [-0.15, -0.1) is 22.7 Å². The molecule has 0 unspecified atom stereocenters. The molecule has 0 spiro atoms. The molecule has 1 aliphatic rings. The number of amides is 3. The van der Waals surface area contributed by atoms with Crippen LogP contribution >= 0.6 is 22.7 Å². The van der Waals surface area contributed by atoms with Crippen LogP contribution in [0.25, 0.3) is 0 Å². The standard InChI is InChI=1S/C22H22N4O5S2/c27-19(25-22-23-7-9-33-22)5-6-21(29)26(12-16-2-1-8-32-16)13-20(28)24-11-15-3-4-17-18(10-15)31-14-30-17/h1-4,7-10H,5-6,11-14H2,(H,24,28)(H,23,25,27). The molecule has 2 aromatic heterocycles. The molecule has 0 saturated carbocycles. The molecule has 3 heterocycles. The summed E-state index contributed by atoms with van der Waals surface area (Å²) in [5, 5.41) is 9.66. The van der Waals surface area contributed by atoms with Crippen molar-refractivity contribution in [3.05, 3.63) is 57.7 Å². The maximum absolute atomic E-state index is 12.8. The summed E-state index contributed by atoms with van der Waals surface area (Å²) in [7, 11) is 0. The number of fused-ring (bicyclic) bond motifs is 1. The van der Waals surface area contributed by atoms with E-state index in [1.165, 1.54) is 27.6 Å². The molecule has 0 saturated heterocycles. The lowest BCUT2D eigenvalue weighted by Gasteiger charge is -2.21. The van der Waals surface area contributed by atoms with Crippen LogP contribution in [0.3, 0.4) is 0 Å². The van der Waals surface area contributed by atoms with Gasteiger partial charge in [-0.25, -0.2) is 4.98 Å². The lowest BCUT2D eigenvalue weighted by atomic mass is 10.2. The first-order valence-electron chi connectivity index (χ1n) is 10.2. The first kappa shape index (κ1) is 22.7. The fourth-order valence-corrected chi connectivity index (χ4v) is 4.41. The Morgan fingerprint density at radius 1 is 1.03 bits per heavy atom. The minimum atomic E-state index is -0.290. The highest BCUT2D eigenvalue weighted by molar-refractivity contribution is 7.13. The van der Waals surface area contributed by atoms with Crippen LogP contribution in [0.2, 0.25) is 0 Å². The number of hydrogen-bond acceptors (Lipinski definition) is 8.